The van der Waals surface area contributed by atoms with Crippen LogP contribution in [0.4, 0.5) is 10.5 Å². The molecule has 5 N–H and O–H groups in total. The second kappa shape index (κ2) is 16.2. The van der Waals surface area contributed by atoms with Gasteiger partial charge in [-0.05, 0) is 117 Å². The highest BCUT2D eigenvalue weighted by atomic mass is 16.4. The molecule has 4 aromatic carbocycles. The van der Waals surface area contributed by atoms with E-state index < -0.39 is 18.0 Å². The number of aryl methyl sites for hydroxylation is 2. The van der Waals surface area contributed by atoms with Gasteiger partial charge in [0.1, 0.15) is 5.75 Å². The van der Waals surface area contributed by atoms with E-state index in [1.807, 2.05) is 48.5 Å². The predicted octanol–water partition coefficient (Wildman–Crippen LogP) is 6.28. The second-order valence-corrected chi connectivity index (χ2v) is 15.1. The van der Waals surface area contributed by atoms with Gasteiger partial charge in [0.2, 0.25) is 5.56 Å². The van der Waals surface area contributed by atoms with Crippen molar-refractivity contribution in [3.8, 4) is 16.9 Å². The van der Waals surface area contributed by atoms with E-state index in [1.54, 1.807) is 21.6 Å². The molecule has 2 aromatic heterocycles. The van der Waals surface area contributed by atoms with Crippen LogP contribution in [-0.2, 0) is 19.4 Å². The van der Waals surface area contributed by atoms with Gasteiger partial charge in [0.15, 0.2) is 5.58 Å². The Hall–Kier alpha value is -5.69. The maximum atomic E-state index is 13.0. The molecule has 2 bridgehead atoms. The molecule has 290 valence electrons. The lowest BCUT2D eigenvalue weighted by atomic mass is 9.82. The molecule has 0 unspecified atom stereocenters. The lowest BCUT2D eigenvalue weighted by Gasteiger charge is -2.48. The third-order valence-electron chi connectivity index (χ3n) is 11.6. The van der Waals surface area contributed by atoms with Gasteiger partial charge in [-0.25, -0.2) is 9.59 Å². The second-order valence-electron chi connectivity index (χ2n) is 15.1. The number of anilines is 1. The van der Waals surface area contributed by atoms with Crippen LogP contribution >= 0.6 is 0 Å². The van der Waals surface area contributed by atoms with Crippen LogP contribution in [0.3, 0.4) is 0 Å². The lowest BCUT2D eigenvalue weighted by Crippen LogP contribution is -2.59. The molecule has 2 atom stereocenters. The first-order chi connectivity index (χ1) is 27.2. The Morgan fingerprint density at radius 3 is 2.48 bits per heavy atom. The molecule has 5 heterocycles. The first-order valence-corrected chi connectivity index (χ1v) is 19.5. The monoisotopic (exact) mass is 757 g/mol. The molecule has 0 aliphatic carbocycles. The van der Waals surface area contributed by atoms with Crippen molar-refractivity contribution in [1.29, 1.82) is 0 Å². The molecule has 12 nitrogen and oxygen atoms in total. The number of aromatic amines is 1. The molecule has 1 amide bonds. The summed E-state index contributed by atoms with van der Waals surface area (Å²) < 4.78 is 7.32. The highest BCUT2D eigenvalue weighted by molar-refractivity contribution is 5.94. The van der Waals surface area contributed by atoms with Crippen molar-refractivity contribution in [1.82, 2.24) is 19.8 Å². The van der Waals surface area contributed by atoms with E-state index in [4.69, 9.17) is 4.42 Å². The smallest absolute Gasteiger partial charge is 0.419 e. The van der Waals surface area contributed by atoms with E-state index in [2.05, 4.69) is 33.4 Å². The summed E-state index contributed by atoms with van der Waals surface area (Å²) in [7, 11) is 0. The van der Waals surface area contributed by atoms with E-state index in [0.717, 1.165) is 85.2 Å². The van der Waals surface area contributed by atoms with Crippen LogP contribution < -0.4 is 21.5 Å². The van der Waals surface area contributed by atoms with Crippen molar-refractivity contribution in [2.24, 2.45) is 5.92 Å². The number of carboxylic acid groups (broad SMARTS) is 1. The fraction of sp³-hybridized carbons (Fsp3) is 0.341. The van der Waals surface area contributed by atoms with Crippen LogP contribution in [0, 0.1) is 5.92 Å². The Morgan fingerprint density at radius 2 is 1.71 bits per heavy atom. The number of oxazole rings is 1. The van der Waals surface area contributed by atoms with Crippen LogP contribution in [0.15, 0.2) is 105 Å². The molecule has 56 heavy (non-hydrogen) atoms. The summed E-state index contributed by atoms with van der Waals surface area (Å²) >= 11 is 0. The Kier molecular flexibility index (Phi) is 10.8. The summed E-state index contributed by atoms with van der Waals surface area (Å²) in [6, 6.07) is 28.0. The predicted molar refractivity (Wildman–Crippen MR) is 217 cm³/mol. The number of aliphatic hydroxyl groups is 1. The molecule has 0 spiro atoms. The van der Waals surface area contributed by atoms with Crippen LogP contribution in [-0.4, -0.2) is 74.6 Å². The number of pyridine rings is 1. The van der Waals surface area contributed by atoms with Gasteiger partial charge in [0.05, 0.1) is 28.9 Å². The molecule has 0 saturated carbocycles. The van der Waals surface area contributed by atoms with E-state index in [0.29, 0.717) is 47.5 Å². The van der Waals surface area contributed by atoms with E-state index in [1.165, 1.54) is 12.1 Å². The number of nitrogens with zero attached hydrogens (tertiary/aromatic N) is 3. The van der Waals surface area contributed by atoms with Crippen LogP contribution in [0.1, 0.15) is 48.5 Å². The summed E-state index contributed by atoms with van der Waals surface area (Å²) in [4.78, 5) is 44.3. The van der Waals surface area contributed by atoms with Crippen molar-refractivity contribution < 1.29 is 24.5 Å². The van der Waals surface area contributed by atoms with Gasteiger partial charge < -0.3 is 34.9 Å². The van der Waals surface area contributed by atoms with E-state index in [9.17, 15) is 29.7 Å². The summed E-state index contributed by atoms with van der Waals surface area (Å²) in [5.41, 5.74) is 6.52. The summed E-state index contributed by atoms with van der Waals surface area (Å²) in [5.74, 6) is -0.0979. The Balaban J connectivity index is 0.890. The zero-order valence-electron chi connectivity index (χ0n) is 31.2. The quantitative estimate of drug-likeness (QED) is 0.0806. The number of H-pyrrole nitrogens is 1. The number of phenols is 1. The molecule has 9 rings (SSSR count). The van der Waals surface area contributed by atoms with Crippen molar-refractivity contribution in [2.45, 2.75) is 57.2 Å². The largest absolute Gasteiger partial charge is 0.506 e. The van der Waals surface area contributed by atoms with Crippen molar-refractivity contribution in [3.63, 3.8) is 0 Å². The SMILES string of the molecule is O=C(O)N(c1cc(CCCCn2c(=O)oc3cc(CCNC[C@H](O)c4ccc(O)c5[nH]c(=O)ccc45)ccc32)ccc1-c1ccccc1)[C@H]1CN2CCC1CC2. The number of hydrogen-bond acceptors (Lipinski definition) is 8. The third-order valence-corrected chi connectivity index (χ3v) is 11.6. The third kappa shape index (κ3) is 7.73. The standard InChI is InChI=1S/C44H47N5O7/c50-38-15-12-33(34-13-16-41(52)46-42(34)38)39(51)26-45-20-17-29-10-14-35-40(25-29)56-44(55)48(35)21-5-4-6-28-9-11-32(30-7-2-1-3-8-30)36(24-28)49(43(53)54)37-27-47-22-18-31(37)19-23-47/h1-3,7-16,24-25,31,37,39,45,50-51H,4-6,17-23,26-27H2,(H,46,52)(H,53,54)/t37-,39-/m0/s1. The number of amides is 1. The number of phenolic OH excluding ortho intramolecular Hbond substituents is 1. The number of rotatable bonds is 14. The summed E-state index contributed by atoms with van der Waals surface area (Å²) in [5, 5.41) is 35.5. The summed E-state index contributed by atoms with van der Waals surface area (Å²) in [6.45, 7) is 4.17. The number of benzene rings is 4. The number of hydrogen-bond donors (Lipinski definition) is 5. The van der Waals surface area contributed by atoms with E-state index in [-0.39, 0.29) is 23.9 Å². The van der Waals surface area contributed by atoms with Gasteiger partial charge in [-0.3, -0.25) is 14.3 Å². The average molecular weight is 758 g/mol. The van der Waals surface area contributed by atoms with Gasteiger partial charge in [-0.2, -0.15) is 0 Å². The molecule has 3 fully saturated rings. The molecule has 3 aliphatic heterocycles. The number of nitrogens with one attached hydrogen (secondary N) is 2. The molecule has 12 heteroatoms. The fourth-order valence-electron chi connectivity index (χ4n) is 8.65. The van der Waals surface area contributed by atoms with Gasteiger partial charge in [-0.15, -0.1) is 0 Å². The minimum Gasteiger partial charge on any atom is -0.506 e. The minimum absolute atomic E-state index is 0.0541. The first-order valence-electron chi connectivity index (χ1n) is 19.5. The van der Waals surface area contributed by atoms with Crippen LogP contribution in [0.2, 0.25) is 0 Å². The molecule has 6 aromatic rings. The number of piperidine rings is 3. The number of aromatic hydroxyl groups is 1. The van der Waals surface area contributed by atoms with E-state index >= 15 is 0 Å². The van der Waals surface area contributed by atoms with Crippen molar-refractivity contribution in [2.75, 3.05) is 37.6 Å². The van der Waals surface area contributed by atoms with Gasteiger partial charge in [-0.1, -0.05) is 54.6 Å². The number of aromatic nitrogens is 2. The van der Waals surface area contributed by atoms with Gasteiger partial charge in [0, 0.05) is 36.7 Å². The maximum Gasteiger partial charge on any atom is 0.419 e. The average Bonchev–Trinajstić information content (AvgIpc) is 3.52. The Labute approximate surface area is 323 Å². The minimum atomic E-state index is -0.914. The number of unbranched alkanes of at least 4 members (excludes halogenated alkanes) is 1. The first kappa shape index (κ1) is 37.2. The fourth-order valence-corrected chi connectivity index (χ4v) is 8.65. The van der Waals surface area contributed by atoms with Crippen molar-refractivity contribution >= 4 is 33.8 Å². The molecular formula is C44H47N5O7. The normalized spacial score (nSPS) is 18.4. The maximum absolute atomic E-state index is 13.0. The van der Waals surface area contributed by atoms with Crippen LogP contribution in [0.25, 0.3) is 33.1 Å². The number of fused-ring (bicyclic) bond motifs is 5. The zero-order chi connectivity index (χ0) is 38.8. The molecular weight excluding hydrogens is 711 g/mol. The van der Waals surface area contributed by atoms with Crippen molar-refractivity contribution in [3.05, 3.63) is 129 Å². The van der Waals surface area contributed by atoms with Gasteiger partial charge >= 0.3 is 11.8 Å². The highest BCUT2D eigenvalue weighted by Crippen LogP contribution is 2.39. The number of carbonyl (C=O) groups is 1. The summed E-state index contributed by atoms with van der Waals surface area (Å²) in [6.07, 6.45) is 3.21. The molecule has 3 aliphatic rings. The molecule has 0 radical (unpaired) electrons. The topological polar surface area (TPSA) is 164 Å². The van der Waals surface area contributed by atoms with Crippen LogP contribution in [0.5, 0.6) is 5.75 Å². The Morgan fingerprint density at radius 1 is 0.929 bits per heavy atom. The molecule has 3 saturated heterocycles. The van der Waals surface area contributed by atoms with Gasteiger partial charge in [0.25, 0.3) is 0 Å². The zero-order valence-corrected chi connectivity index (χ0v) is 31.2. The highest BCUT2D eigenvalue weighted by Gasteiger charge is 2.41. The number of aliphatic hydroxyl groups excluding tert-OH is 1. The lowest BCUT2D eigenvalue weighted by molar-refractivity contribution is 0.0837. The Bertz CT molecular complexity index is 2470.